The number of hydrogen-bond donors (Lipinski definition) is 1. The van der Waals surface area contributed by atoms with Crippen molar-refractivity contribution >= 4 is 0 Å². The number of rotatable bonds is 4. The molecule has 1 nitrogen and oxygen atoms in total. The molecule has 2 aliphatic carbocycles. The zero-order chi connectivity index (χ0) is 10.8. The number of nitrogens with one attached hydrogen (secondary N) is 1. The molecule has 1 N–H and O–H groups in total. The van der Waals surface area contributed by atoms with Gasteiger partial charge in [-0.05, 0) is 55.7 Å². The molecule has 2 aliphatic rings. The van der Waals surface area contributed by atoms with Crippen LogP contribution in [0.4, 0.5) is 0 Å². The second-order valence-corrected chi connectivity index (χ2v) is 5.41. The molecule has 0 heterocycles. The molecule has 0 amide bonds. The zero-order valence-corrected chi connectivity index (χ0v) is 9.91. The normalized spacial score (nSPS) is 20.8. The Balaban J connectivity index is 1.45. The highest BCUT2D eigenvalue weighted by Crippen LogP contribution is 2.28. The van der Waals surface area contributed by atoms with Crippen molar-refractivity contribution in [1.29, 1.82) is 0 Å². The highest BCUT2D eigenvalue weighted by atomic mass is 14.9. The van der Waals surface area contributed by atoms with Gasteiger partial charge in [0.15, 0.2) is 0 Å². The van der Waals surface area contributed by atoms with Gasteiger partial charge in [-0.3, -0.25) is 0 Å². The summed E-state index contributed by atoms with van der Waals surface area (Å²) in [6, 6.07) is 9.80. The third-order valence-corrected chi connectivity index (χ3v) is 4.23. The van der Waals surface area contributed by atoms with Crippen LogP contribution in [0.2, 0.25) is 0 Å². The molecule has 86 valence electrons. The van der Waals surface area contributed by atoms with Gasteiger partial charge < -0.3 is 5.32 Å². The van der Waals surface area contributed by atoms with Crippen molar-refractivity contribution in [2.24, 2.45) is 5.92 Å². The lowest BCUT2D eigenvalue weighted by molar-refractivity contribution is 0.327. The molecule has 1 aromatic rings. The largest absolute Gasteiger partial charge is 0.314 e. The summed E-state index contributed by atoms with van der Waals surface area (Å²) < 4.78 is 0. The fraction of sp³-hybridized carbons (Fsp3) is 0.600. The maximum Gasteiger partial charge on any atom is 0.00670 e. The summed E-state index contributed by atoms with van der Waals surface area (Å²) in [5.74, 6) is 0.893. The molecule has 0 bridgehead atoms. The van der Waals surface area contributed by atoms with Gasteiger partial charge in [0.05, 0.1) is 0 Å². The van der Waals surface area contributed by atoms with Crippen molar-refractivity contribution in [3.63, 3.8) is 0 Å². The molecule has 1 aromatic carbocycles. The second kappa shape index (κ2) is 4.58. The quantitative estimate of drug-likeness (QED) is 0.814. The first-order valence-electron chi connectivity index (χ1n) is 6.72. The summed E-state index contributed by atoms with van der Waals surface area (Å²) in [7, 11) is 0. The minimum absolute atomic E-state index is 0.851. The summed E-state index contributed by atoms with van der Waals surface area (Å²) >= 11 is 0. The third-order valence-electron chi connectivity index (χ3n) is 4.23. The molecule has 0 atom stereocenters. The molecule has 0 radical (unpaired) electrons. The molecule has 0 saturated heterocycles. The van der Waals surface area contributed by atoms with Gasteiger partial charge in [-0.1, -0.05) is 30.7 Å². The molecule has 16 heavy (non-hydrogen) atoms. The lowest BCUT2D eigenvalue weighted by atomic mass is 9.92. The van der Waals surface area contributed by atoms with E-state index in [2.05, 4.69) is 29.6 Å². The summed E-state index contributed by atoms with van der Waals surface area (Å²) in [5, 5.41) is 3.67. The molecular formula is C15H21N. The van der Waals surface area contributed by atoms with Gasteiger partial charge in [0.25, 0.3) is 0 Å². The Morgan fingerprint density at radius 3 is 2.31 bits per heavy atom. The smallest absolute Gasteiger partial charge is 0.00670 e. The van der Waals surface area contributed by atoms with Crippen LogP contribution in [-0.2, 0) is 12.8 Å². The molecule has 0 aromatic heterocycles. The summed E-state index contributed by atoms with van der Waals surface area (Å²) in [6.45, 7) is 1.23. The monoisotopic (exact) mass is 215 g/mol. The van der Waals surface area contributed by atoms with Crippen LogP contribution in [-0.4, -0.2) is 12.6 Å². The van der Waals surface area contributed by atoms with E-state index in [4.69, 9.17) is 0 Å². The van der Waals surface area contributed by atoms with E-state index in [1.54, 1.807) is 11.1 Å². The molecule has 3 rings (SSSR count). The summed E-state index contributed by atoms with van der Waals surface area (Å²) in [5.41, 5.74) is 3.19. The van der Waals surface area contributed by atoms with Crippen LogP contribution < -0.4 is 5.32 Å². The van der Waals surface area contributed by atoms with Crippen molar-refractivity contribution < 1.29 is 0 Å². The molecule has 0 unspecified atom stereocenters. The molecular weight excluding hydrogens is 194 g/mol. The SMILES string of the molecule is c1ccc2c(c1)CC(CCNC1CCC1)C2. The maximum absolute atomic E-state index is 3.67. The fourth-order valence-electron chi connectivity index (χ4n) is 2.96. The van der Waals surface area contributed by atoms with Gasteiger partial charge in [-0.15, -0.1) is 0 Å². The first kappa shape index (κ1) is 10.3. The lowest BCUT2D eigenvalue weighted by Crippen LogP contribution is -2.36. The third kappa shape index (κ3) is 2.15. The van der Waals surface area contributed by atoms with Crippen LogP contribution in [0.25, 0.3) is 0 Å². The van der Waals surface area contributed by atoms with E-state index in [9.17, 15) is 0 Å². The average Bonchev–Trinajstić information content (AvgIpc) is 2.64. The van der Waals surface area contributed by atoms with Crippen LogP contribution in [0.1, 0.15) is 36.8 Å². The van der Waals surface area contributed by atoms with Gasteiger partial charge in [0.1, 0.15) is 0 Å². The number of hydrogen-bond acceptors (Lipinski definition) is 1. The first-order valence-corrected chi connectivity index (χ1v) is 6.72. The lowest BCUT2D eigenvalue weighted by Gasteiger charge is -2.27. The van der Waals surface area contributed by atoms with Crippen molar-refractivity contribution in [3.8, 4) is 0 Å². The second-order valence-electron chi connectivity index (χ2n) is 5.41. The number of benzene rings is 1. The van der Waals surface area contributed by atoms with Crippen LogP contribution >= 0.6 is 0 Å². The number of fused-ring (bicyclic) bond motifs is 1. The van der Waals surface area contributed by atoms with Crippen molar-refractivity contribution in [2.75, 3.05) is 6.54 Å². The summed E-state index contributed by atoms with van der Waals surface area (Å²) in [4.78, 5) is 0. The van der Waals surface area contributed by atoms with E-state index in [0.29, 0.717) is 0 Å². The van der Waals surface area contributed by atoms with Crippen molar-refractivity contribution in [3.05, 3.63) is 35.4 Å². The van der Waals surface area contributed by atoms with Crippen molar-refractivity contribution in [1.82, 2.24) is 5.32 Å². The van der Waals surface area contributed by atoms with E-state index in [1.165, 1.54) is 45.1 Å². The Labute approximate surface area is 98.3 Å². The van der Waals surface area contributed by atoms with E-state index >= 15 is 0 Å². The molecule has 1 fully saturated rings. The summed E-state index contributed by atoms with van der Waals surface area (Å²) in [6.07, 6.45) is 8.22. The van der Waals surface area contributed by atoms with E-state index < -0.39 is 0 Å². The van der Waals surface area contributed by atoms with Gasteiger partial charge in [-0.2, -0.15) is 0 Å². The first-order chi connectivity index (χ1) is 7.92. The van der Waals surface area contributed by atoms with Crippen LogP contribution in [0.15, 0.2) is 24.3 Å². The Kier molecular flexibility index (Phi) is 2.96. The van der Waals surface area contributed by atoms with Gasteiger partial charge >= 0.3 is 0 Å². The predicted molar refractivity (Wildman–Crippen MR) is 67.6 cm³/mol. The van der Waals surface area contributed by atoms with Gasteiger partial charge in [0.2, 0.25) is 0 Å². The van der Waals surface area contributed by atoms with E-state index in [0.717, 1.165) is 12.0 Å². The highest BCUT2D eigenvalue weighted by molar-refractivity contribution is 5.31. The van der Waals surface area contributed by atoms with Gasteiger partial charge in [0, 0.05) is 6.04 Å². The van der Waals surface area contributed by atoms with E-state index in [-0.39, 0.29) is 0 Å². The molecule has 1 saturated carbocycles. The minimum Gasteiger partial charge on any atom is -0.314 e. The molecule has 0 aliphatic heterocycles. The minimum atomic E-state index is 0.851. The fourth-order valence-corrected chi connectivity index (χ4v) is 2.96. The zero-order valence-electron chi connectivity index (χ0n) is 9.91. The van der Waals surface area contributed by atoms with Crippen LogP contribution in [0.3, 0.4) is 0 Å². The predicted octanol–water partition coefficient (Wildman–Crippen LogP) is 2.93. The highest BCUT2D eigenvalue weighted by Gasteiger charge is 2.21. The molecule has 1 heteroatoms. The Morgan fingerprint density at radius 2 is 1.75 bits per heavy atom. The molecule has 0 spiro atoms. The standard InChI is InChI=1S/C15H21N/c1-2-5-14-11-12(10-13(14)4-1)8-9-16-15-6-3-7-15/h1-2,4-5,12,15-16H,3,6-11H2. The Hall–Kier alpha value is -0.820. The van der Waals surface area contributed by atoms with Crippen molar-refractivity contribution in [2.45, 2.75) is 44.6 Å². The van der Waals surface area contributed by atoms with Gasteiger partial charge in [-0.25, -0.2) is 0 Å². The average molecular weight is 215 g/mol. The topological polar surface area (TPSA) is 12.0 Å². The maximum atomic E-state index is 3.67. The van der Waals surface area contributed by atoms with E-state index in [1.807, 2.05) is 0 Å². The Morgan fingerprint density at radius 1 is 1.06 bits per heavy atom. The Bertz CT molecular complexity index is 329. The van der Waals surface area contributed by atoms with Crippen LogP contribution in [0.5, 0.6) is 0 Å². The van der Waals surface area contributed by atoms with Crippen LogP contribution in [0, 0.1) is 5.92 Å².